The summed E-state index contributed by atoms with van der Waals surface area (Å²) in [7, 11) is -4.02. The molecule has 3 nitrogen and oxygen atoms in total. The van der Waals surface area contributed by atoms with Crippen molar-refractivity contribution in [3.8, 4) is 0 Å². The van der Waals surface area contributed by atoms with E-state index in [0.29, 0.717) is 0 Å². The molecule has 0 amide bonds. The summed E-state index contributed by atoms with van der Waals surface area (Å²) in [5.41, 5.74) is 0.956. The van der Waals surface area contributed by atoms with Crippen LogP contribution in [-0.2, 0) is 30.2 Å². The fourth-order valence-corrected chi connectivity index (χ4v) is 1.19. The molecule has 1 N–H and O–H groups in total. The third-order valence-corrected chi connectivity index (χ3v) is 2.19. The van der Waals surface area contributed by atoms with Crippen LogP contribution < -0.4 is 0 Å². The Morgan fingerprint density at radius 1 is 1.17 bits per heavy atom. The Kier molecular flexibility index (Phi) is 4.06. The fourth-order valence-electron chi connectivity index (χ4n) is 0.710. The van der Waals surface area contributed by atoms with Gasteiger partial charge in [-0.1, -0.05) is 17.7 Å². The van der Waals surface area contributed by atoms with Crippen molar-refractivity contribution in [3.63, 3.8) is 0 Å². The topological polar surface area (TPSA) is 54.4 Å². The zero-order chi connectivity index (χ0) is 8.48. The molecule has 0 bridgehead atoms. The predicted octanol–water partition coefficient (Wildman–Crippen LogP) is 1.24. The maximum absolute atomic E-state index is 10.5. The van der Waals surface area contributed by atoms with E-state index in [1.807, 2.05) is 6.92 Å². The summed E-state index contributed by atoms with van der Waals surface area (Å²) < 4.78 is 29.6. The zero-order valence-corrected chi connectivity index (χ0v) is 9.53. The SMILES string of the molecule is Cc1ccc(S(=O)(=O)O)cc1.[Ir]. The maximum Gasteiger partial charge on any atom is 0.294 e. The second-order valence-electron chi connectivity index (χ2n) is 2.29. The van der Waals surface area contributed by atoms with Crippen LogP contribution in [0.25, 0.3) is 0 Å². The van der Waals surface area contributed by atoms with Gasteiger partial charge >= 0.3 is 0 Å². The van der Waals surface area contributed by atoms with E-state index in [1.54, 1.807) is 12.1 Å². The Balaban J connectivity index is 0.00000121. The largest absolute Gasteiger partial charge is 0.294 e. The first-order valence-corrected chi connectivity index (χ1v) is 4.48. The summed E-state index contributed by atoms with van der Waals surface area (Å²) in [6, 6.07) is 5.99. The van der Waals surface area contributed by atoms with E-state index in [2.05, 4.69) is 0 Å². The molecule has 0 unspecified atom stereocenters. The van der Waals surface area contributed by atoms with Crippen LogP contribution in [0.1, 0.15) is 5.56 Å². The second kappa shape index (κ2) is 4.14. The molecule has 0 aliphatic carbocycles. The van der Waals surface area contributed by atoms with Gasteiger partial charge in [0.25, 0.3) is 10.1 Å². The van der Waals surface area contributed by atoms with E-state index in [1.165, 1.54) is 12.1 Å². The molecule has 0 heterocycles. The van der Waals surface area contributed by atoms with Gasteiger partial charge < -0.3 is 0 Å². The molecule has 69 valence electrons. The second-order valence-corrected chi connectivity index (χ2v) is 3.71. The summed E-state index contributed by atoms with van der Waals surface area (Å²) >= 11 is 0. The molecule has 1 radical (unpaired) electrons. The minimum absolute atomic E-state index is 0. The Morgan fingerprint density at radius 3 is 1.92 bits per heavy atom. The average Bonchev–Trinajstić information content (AvgIpc) is 1.86. The van der Waals surface area contributed by atoms with Crippen LogP contribution in [0.3, 0.4) is 0 Å². The van der Waals surface area contributed by atoms with Crippen LogP contribution in [0, 0.1) is 6.92 Å². The minimum Gasteiger partial charge on any atom is -0.282 e. The summed E-state index contributed by atoms with van der Waals surface area (Å²) in [4.78, 5) is -0.0666. The third kappa shape index (κ3) is 3.03. The standard InChI is InChI=1S/C7H8O3S.Ir/c1-6-2-4-7(5-3-6)11(8,9)10;/h2-5H,1H3,(H,8,9,10);. The van der Waals surface area contributed by atoms with Crippen LogP contribution in [0.2, 0.25) is 0 Å². The molecule has 12 heavy (non-hydrogen) atoms. The van der Waals surface area contributed by atoms with Crippen LogP contribution in [0.5, 0.6) is 0 Å². The molecule has 0 aromatic heterocycles. The van der Waals surface area contributed by atoms with Crippen molar-refractivity contribution in [1.82, 2.24) is 0 Å². The quantitative estimate of drug-likeness (QED) is 0.763. The molecule has 0 atom stereocenters. The van der Waals surface area contributed by atoms with Crippen LogP contribution >= 0.6 is 0 Å². The van der Waals surface area contributed by atoms with Crippen molar-refractivity contribution in [2.45, 2.75) is 11.8 Å². The van der Waals surface area contributed by atoms with Crippen molar-refractivity contribution < 1.29 is 33.1 Å². The van der Waals surface area contributed by atoms with Crippen LogP contribution in [0.15, 0.2) is 29.2 Å². The zero-order valence-electron chi connectivity index (χ0n) is 6.31. The molecule has 0 spiro atoms. The van der Waals surface area contributed by atoms with Gasteiger partial charge in [0.2, 0.25) is 0 Å². The van der Waals surface area contributed by atoms with Crippen molar-refractivity contribution in [2.24, 2.45) is 0 Å². The molecular weight excluding hydrogens is 356 g/mol. The van der Waals surface area contributed by atoms with E-state index in [-0.39, 0.29) is 25.0 Å². The number of rotatable bonds is 1. The van der Waals surface area contributed by atoms with Gasteiger partial charge in [0.05, 0.1) is 4.90 Å². The van der Waals surface area contributed by atoms with Gasteiger partial charge in [0.15, 0.2) is 0 Å². The van der Waals surface area contributed by atoms with Gasteiger partial charge in [-0.15, -0.1) is 0 Å². The van der Waals surface area contributed by atoms with Gasteiger partial charge in [-0.2, -0.15) is 8.42 Å². The van der Waals surface area contributed by atoms with Crippen molar-refractivity contribution in [1.29, 1.82) is 0 Å². The van der Waals surface area contributed by atoms with E-state index in [0.717, 1.165) is 5.56 Å². The van der Waals surface area contributed by atoms with Crippen LogP contribution in [-0.4, -0.2) is 13.0 Å². The van der Waals surface area contributed by atoms with Crippen LogP contribution in [0.4, 0.5) is 0 Å². The van der Waals surface area contributed by atoms with Crippen molar-refractivity contribution >= 4 is 10.1 Å². The molecule has 1 aromatic rings. The Hall–Kier alpha value is -0.221. The first-order valence-electron chi connectivity index (χ1n) is 3.04. The molecular formula is C7H8IrO3S. The summed E-state index contributed by atoms with van der Waals surface area (Å²) in [6.45, 7) is 1.84. The first kappa shape index (κ1) is 11.8. The van der Waals surface area contributed by atoms with Crippen molar-refractivity contribution in [2.75, 3.05) is 0 Å². The Morgan fingerprint density at radius 2 is 1.58 bits per heavy atom. The van der Waals surface area contributed by atoms with Gasteiger partial charge in [0.1, 0.15) is 0 Å². The van der Waals surface area contributed by atoms with Crippen molar-refractivity contribution in [3.05, 3.63) is 29.8 Å². The minimum atomic E-state index is -4.02. The van der Waals surface area contributed by atoms with Gasteiger partial charge in [-0.05, 0) is 19.1 Å². The molecule has 0 aliphatic heterocycles. The Bertz CT molecular complexity index is 341. The fraction of sp³-hybridized carbons (Fsp3) is 0.143. The number of hydrogen-bond acceptors (Lipinski definition) is 2. The first-order chi connectivity index (χ1) is 5.00. The van der Waals surface area contributed by atoms with Gasteiger partial charge in [0, 0.05) is 20.1 Å². The Labute approximate surface area is 84.9 Å². The predicted molar refractivity (Wildman–Crippen MR) is 41.0 cm³/mol. The van der Waals surface area contributed by atoms with E-state index >= 15 is 0 Å². The van der Waals surface area contributed by atoms with Gasteiger partial charge in [-0.3, -0.25) is 4.55 Å². The monoisotopic (exact) mass is 365 g/mol. The average molecular weight is 364 g/mol. The molecule has 1 aromatic carbocycles. The molecule has 0 aliphatic rings. The summed E-state index contributed by atoms with van der Waals surface area (Å²) in [5, 5.41) is 0. The summed E-state index contributed by atoms with van der Waals surface area (Å²) in [6.07, 6.45) is 0. The normalized spacial score (nSPS) is 10.5. The smallest absolute Gasteiger partial charge is 0.282 e. The number of hydrogen-bond donors (Lipinski definition) is 1. The van der Waals surface area contributed by atoms with E-state index in [9.17, 15) is 8.42 Å². The maximum atomic E-state index is 10.5. The molecule has 0 fully saturated rings. The molecule has 5 heteroatoms. The van der Waals surface area contributed by atoms with E-state index in [4.69, 9.17) is 4.55 Å². The molecule has 0 saturated carbocycles. The third-order valence-electron chi connectivity index (χ3n) is 1.32. The number of aryl methyl sites for hydroxylation is 1. The molecule has 1 rings (SSSR count). The summed E-state index contributed by atoms with van der Waals surface area (Å²) in [5.74, 6) is 0. The van der Waals surface area contributed by atoms with E-state index < -0.39 is 10.1 Å². The molecule has 0 saturated heterocycles. The number of benzene rings is 1. The van der Waals surface area contributed by atoms with Gasteiger partial charge in [-0.25, -0.2) is 0 Å².